The summed E-state index contributed by atoms with van der Waals surface area (Å²) in [6, 6.07) is 0. The zero-order valence-corrected chi connectivity index (χ0v) is 7.73. The van der Waals surface area contributed by atoms with E-state index in [4.69, 9.17) is 0 Å². The molecule has 0 saturated carbocycles. The van der Waals surface area contributed by atoms with Gasteiger partial charge in [0.25, 0.3) is 0 Å². The van der Waals surface area contributed by atoms with Crippen molar-refractivity contribution >= 4 is 29.8 Å². The maximum absolute atomic E-state index is 10.5. The van der Waals surface area contributed by atoms with Crippen molar-refractivity contribution in [1.82, 2.24) is 0 Å². The summed E-state index contributed by atoms with van der Waals surface area (Å²) in [4.78, 5) is 11.6. The summed E-state index contributed by atoms with van der Waals surface area (Å²) in [5.74, 6) is 0. The highest BCUT2D eigenvalue weighted by molar-refractivity contribution is 7.11. The van der Waals surface area contributed by atoms with Crippen molar-refractivity contribution in [2.45, 2.75) is 6.92 Å². The molecule has 0 aromatic carbocycles. The van der Waals surface area contributed by atoms with Crippen LogP contribution in [0.1, 0.15) is 27.7 Å². The molecule has 0 atom stereocenters. The maximum atomic E-state index is 10.5. The molecular formula is C10H10OS. The average molecular weight is 178 g/mol. The fourth-order valence-corrected chi connectivity index (χ4v) is 1.97. The first-order valence-electron chi connectivity index (χ1n) is 3.65. The van der Waals surface area contributed by atoms with E-state index in [1.54, 1.807) is 17.4 Å². The third-order valence-corrected chi connectivity index (χ3v) is 2.52. The number of aldehydes is 1. The first-order valence-corrected chi connectivity index (χ1v) is 4.53. The van der Waals surface area contributed by atoms with Crippen LogP contribution in [-0.2, 0) is 0 Å². The lowest BCUT2D eigenvalue weighted by atomic mass is 10.1. The molecule has 2 heteroatoms. The normalized spacial score (nSPS) is 10.4. The number of thiophene rings is 1. The molecule has 12 heavy (non-hydrogen) atoms. The van der Waals surface area contributed by atoms with E-state index in [9.17, 15) is 4.79 Å². The van der Waals surface area contributed by atoms with Crippen LogP contribution in [0.2, 0.25) is 0 Å². The Labute approximate surface area is 76.0 Å². The second-order valence-electron chi connectivity index (χ2n) is 2.29. The second kappa shape index (κ2) is 4.02. The zero-order valence-electron chi connectivity index (χ0n) is 6.91. The summed E-state index contributed by atoms with van der Waals surface area (Å²) in [7, 11) is 0. The van der Waals surface area contributed by atoms with Gasteiger partial charge in [-0.15, -0.1) is 11.3 Å². The highest BCUT2D eigenvalue weighted by atomic mass is 32.1. The van der Waals surface area contributed by atoms with Crippen LogP contribution in [0.3, 0.4) is 0 Å². The summed E-state index contributed by atoms with van der Waals surface area (Å²) in [5, 5.41) is 1.85. The molecule has 1 heterocycles. The molecule has 0 radical (unpaired) electrons. The van der Waals surface area contributed by atoms with Crippen molar-refractivity contribution in [3.05, 3.63) is 34.0 Å². The average Bonchev–Trinajstić information content (AvgIpc) is 2.47. The molecule has 62 valence electrons. The molecule has 1 nitrogen and oxygen atoms in total. The zero-order chi connectivity index (χ0) is 8.97. The van der Waals surface area contributed by atoms with Crippen molar-refractivity contribution in [2.75, 3.05) is 0 Å². The Balaban J connectivity index is 3.21. The molecule has 0 amide bonds. The van der Waals surface area contributed by atoms with Crippen molar-refractivity contribution in [2.24, 2.45) is 0 Å². The molecule has 0 unspecified atom stereocenters. The number of rotatable bonds is 3. The predicted octanol–water partition coefficient (Wildman–Crippen LogP) is 3.24. The molecule has 0 spiro atoms. The SMILES string of the molecule is C=Cc1c(C=O)csc1/C=C\C. The van der Waals surface area contributed by atoms with Crippen molar-refractivity contribution in [1.29, 1.82) is 0 Å². The van der Waals surface area contributed by atoms with E-state index >= 15 is 0 Å². The van der Waals surface area contributed by atoms with E-state index in [-0.39, 0.29) is 0 Å². The van der Waals surface area contributed by atoms with Gasteiger partial charge < -0.3 is 0 Å². The third kappa shape index (κ3) is 1.53. The Morgan fingerprint density at radius 2 is 2.33 bits per heavy atom. The summed E-state index contributed by atoms with van der Waals surface area (Å²) in [6.45, 7) is 5.62. The number of hydrogen-bond acceptors (Lipinski definition) is 2. The molecule has 0 saturated heterocycles. The van der Waals surface area contributed by atoms with Crippen molar-refractivity contribution in [3.63, 3.8) is 0 Å². The van der Waals surface area contributed by atoms with E-state index in [2.05, 4.69) is 6.58 Å². The molecule has 0 bridgehead atoms. The fourth-order valence-electron chi connectivity index (χ4n) is 0.986. The highest BCUT2D eigenvalue weighted by Gasteiger charge is 2.04. The van der Waals surface area contributed by atoms with Crippen molar-refractivity contribution < 1.29 is 4.79 Å². The van der Waals surface area contributed by atoms with Gasteiger partial charge in [-0.1, -0.05) is 18.7 Å². The van der Waals surface area contributed by atoms with Gasteiger partial charge in [-0.3, -0.25) is 4.79 Å². The Kier molecular flexibility index (Phi) is 3.00. The largest absolute Gasteiger partial charge is 0.298 e. The third-order valence-electron chi connectivity index (χ3n) is 1.54. The summed E-state index contributed by atoms with van der Waals surface area (Å²) >= 11 is 1.56. The first-order chi connectivity index (χ1) is 5.83. The number of carbonyl (C=O) groups excluding carboxylic acids is 1. The molecule has 0 fully saturated rings. The van der Waals surface area contributed by atoms with Crippen LogP contribution in [-0.4, -0.2) is 6.29 Å². The lowest BCUT2D eigenvalue weighted by Gasteiger charge is -1.90. The predicted molar refractivity (Wildman–Crippen MR) is 54.5 cm³/mol. The van der Waals surface area contributed by atoms with Gasteiger partial charge >= 0.3 is 0 Å². The van der Waals surface area contributed by atoms with Crippen LogP contribution < -0.4 is 0 Å². The van der Waals surface area contributed by atoms with E-state index in [0.717, 1.165) is 22.3 Å². The van der Waals surface area contributed by atoms with Crippen LogP contribution in [0.4, 0.5) is 0 Å². The smallest absolute Gasteiger partial charge is 0.151 e. The Morgan fingerprint density at radius 1 is 1.58 bits per heavy atom. The van der Waals surface area contributed by atoms with Gasteiger partial charge in [0.1, 0.15) is 0 Å². The van der Waals surface area contributed by atoms with Crippen molar-refractivity contribution in [3.8, 4) is 0 Å². The van der Waals surface area contributed by atoms with Gasteiger partial charge in [0, 0.05) is 21.4 Å². The molecule has 1 aromatic rings. The first kappa shape index (κ1) is 8.94. The van der Waals surface area contributed by atoms with Crippen LogP contribution in [0.25, 0.3) is 12.2 Å². The van der Waals surface area contributed by atoms with E-state index < -0.39 is 0 Å². The van der Waals surface area contributed by atoms with Gasteiger partial charge in [-0.2, -0.15) is 0 Å². The molecule has 0 aliphatic rings. The molecular weight excluding hydrogens is 168 g/mol. The van der Waals surface area contributed by atoms with Crippen LogP contribution in [0.5, 0.6) is 0 Å². The molecule has 1 rings (SSSR count). The number of hydrogen-bond donors (Lipinski definition) is 0. The molecule has 0 aliphatic carbocycles. The van der Waals surface area contributed by atoms with Crippen LogP contribution in [0.15, 0.2) is 18.0 Å². The van der Waals surface area contributed by atoms with Gasteiger partial charge in [-0.05, 0) is 13.0 Å². The topological polar surface area (TPSA) is 17.1 Å². The van der Waals surface area contributed by atoms with Crippen LogP contribution in [0, 0.1) is 0 Å². The second-order valence-corrected chi connectivity index (χ2v) is 3.20. The lowest BCUT2D eigenvalue weighted by Crippen LogP contribution is -1.79. The minimum absolute atomic E-state index is 0.725. The summed E-state index contributed by atoms with van der Waals surface area (Å²) in [6.07, 6.45) is 6.51. The van der Waals surface area contributed by atoms with E-state index in [1.165, 1.54) is 0 Å². The van der Waals surface area contributed by atoms with Gasteiger partial charge in [-0.25, -0.2) is 0 Å². The van der Waals surface area contributed by atoms with Gasteiger partial charge in [0.05, 0.1) is 0 Å². The summed E-state index contributed by atoms with van der Waals surface area (Å²) in [5.41, 5.74) is 1.66. The van der Waals surface area contributed by atoms with Gasteiger partial charge in [0.15, 0.2) is 6.29 Å². The number of allylic oxidation sites excluding steroid dienone is 1. The quantitative estimate of drug-likeness (QED) is 0.649. The van der Waals surface area contributed by atoms with Gasteiger partial charge in [0.2, 0.25) is 0 Å². The minimum Gasteiger partial charge on any atom is -0.298 e. The molecule has 1 aromatic heterocycles. The molecule has 0 aliphatic heterocycles. The highest BCUT2D eigenvalue weighted by Crippen LogP contribution is 2.23. The van der Waals surface area contributed by atoms with E-state index in [0.29, 0.717) is 0 Å². The Bertz CT molecular complexity index is 321. The Morgan fingerprint density at radius 3 is 2.83 bits per heavy atom. The van der Waals surface area contributed by atoms with Crippen LogP contribution >= 0.6 is 11.3 Å². The lowest BCUT2D eigenvalue weighted by molar-refractivity contribution is 0.112. The maximum Gasteiger partial charge on any atom is 0.151 e. The van der Waals surface area contributed by atoms with E-state index in [1.807, 2.05) is 24.5 Å². The minimum atomic E-state index is 0.725. The fraction of sp³-hybridized carbons (Fsp3) is 0.100. The monoisotopic (exact) mass is 178 g/mol. The summed E-state index contributed by atoms with van der Waals surface area (Å²) < 4.78 is 0. The standard InChI is InChI=1S/C10H10OS/c1-3-5-10-9(4-2)8(6-11)7-12-10/h3-7H,2H2,1H3/b5-3-. The Hall–Kier alpha value is -1.15. The molecule has 0 N–H and O–H groups in total. The number of carbonyl (C=O) groups is 1.